The average Bonchev–Trinajstić information content (AvgIpc) is 2.68. The van der Waals surface area contributed by atoms with E-state index in [9.17, 15) is 14.7 Å². The van der Waals surface area contributed by atoms with E-state index >= 15 is 0 Å². The van der Waals surface area contributed by atoms with E-state index in [1.54, 1.807) is 0 Å². The molecule has 20 heavy (non-hydrogen) atoms. The summed E-state index contributed by atoms with van der Waals surface area (Å²) >= 11 is 9.63. The van der Waals surface area contributed by atoms with Gasteiger partial charge in [0.05, 0.1) is 18.3 Å². The molecular formula is C10H11Br3N2O5. The predicted molar refractivity (Wildman–Crippen MR) is 81.4 cm³/mol. The maximum absolute atomic E-state index is 11.8. The topological polar surface area (TPSA) is 105 Å². The lowest BCUT2D eigenvalue weighted by Crippen LogP contribution is -2.35. The molecule has 10 heteroatoms. The molecule has 112 valence electrons. The van der Waals surface area contributed by atoms with Crippen LogP contribution in [0.1, 0.15) is 18.2 Å². The monoisotopic (exact) mass is 476 g/mol. The minimum absolute atomic E-state index is 0.149. The summed E-state index contributed by atoms with van der Waals surface area (Å²) in [4.78, 5) is 25.8. The van der Waals surface area contributed by atoms with Crippen LogP contribution < -0.4 is 11.2 Å². The molecule has 0 saturated carbocycles. The maximum Gasteiger partial charge on any atom is 0.330 e. The Kier molecular flexibility index (Phi) is 4.92. The number of aliphatic hydroxyl groups is 2. The highest BCUT2D eigenvalue weighted by molar-refractivity contribution is 9.38. The van der Waals surface area contributed by atoms with E-state index in [4.69, 9.17) is 9.84 Å². The van der Waals surface area contributed by atoms with Crippen molar-refractivity contribution in [2.45, 2.75) is 27.0 Å². The van der Waals surface area contributed by atoms with Crippen LogP contribution in [0.5, 0.6) is 0 Å². The Morgan fingerprint density at radius 1 is 1.45 bits per heavy atom. The maximum atomic E-state index is 11.8. The number of ether oxygens (including phenoxy) is 1. The van der Waals surface area contributed by atoms with Gasteiger partial charge in [-0.3, -0.25) is 14.3 Å². The first-order chi connectivity index (χ1) is 9.24. The first-order valence-electron chi connectivity index (χ1n) is 5.61. The standard InChI is InChI=1S/C10H11Br3N2O5/c11-10(12,13)4-2-15(9(19)14-8(4)18)7-1-5(17)6(3-16)20-7/h2,5-7,16-17H,1,3H2,(H,14,18,19)/t5-,6+,7+/m0/s1. The van der Waals surface area contributed by atoms with Gasteiger partial charge in [-0.1, -0.05) is 47.8 Å². The molecule has 7 nitrogen and oxygen atoms in total. The summed E-state index contributed by atoms with van der Waals surface area (Å²) in [6, 6.07) is 0. The molecule has 1 fully saturated rings. The number of aliphatic hydroxyl groups excluding tert-OH is 2. The Morgan fingerprint density at radius 3 is 2.60 bits per heavy atom. The van der Waals surface area contributed by atoms with Gasteiger partial charge in [-0.15, -0.1) is 0 Å². The van der Waals surface area contributed by atoms with Crippen LogP contribution in [0.25, 0.3) is 0 Å². The molecule has 0 amide bonds. The normalized spacial score (nSPS) is 26.9. The van der Waals surface area contributed by atoms with E-state index in [1.165, 1.54) is 10.8 Å². The van der Waals surface area contributed by atoms with E-state index in [0.717, 1.165) is 0 Å². The molecule has 2 rings (SSSR count). The number of alkyl halides is 3. The number of nitrogens with zero attached hydrogens (tertiary/aromatic N) is 1. The lowest BCUT2D eigenvalue weighted by molar-refractivity contribution is -0.0459. The van der Waals surface area contributed by atoms with Gasteiger partial charge in [0.25, 0.3) is 5.56 Å². The molecule has 3 N–H and O–H groups in total. The number of aromatic nitrogens is 2. The number of hydrogen-bond acceptors (Lipinski definition) is 5. The fourth-order valence-electron chi connectivity index (χ4n) is 1.95. The predicted octanol–water partition coefficient (Wildman–Crippen LogP) is 0.472. The van der Waals surface area contributed by atoms with Crippen LogP contribution in [0.15, 0.2) is 15.8 Å². The minimum atomic E-state index is -0.983. The molecule has 0 radical (unpaired) electrons. The van der Waals surface area contributed by atoms with Crippen LogP contribution in [0.3, 0.4) is 0 Å². The number of aromatic amines is 1. The SMILES string of the molecule is O=c1[nH]c(=O)n([C@H]2C[C@H](O)[C@@H](CO)O2)cc1C(Br)(Br)Br. The molecular weight excluding hydrogens is 468 g/mol. The summed E-state index contributed by atoms with van der Waals surface area (Å²) in [6.07, 6.45) is -0.884. The van der Waals surface area contributed by atoms with E-state index in [2.05, 4.69) is 52.8 Å². The van der Waals surface area contributed by atoms with E-state index in [1.807, 2.05) is 0 Å². The molecule has 1 aliphatic heterocycles. The quantitative estimate of drug-likeness (QED) is 0.536. The summed E-state index contributed by atoms with van der Waals surface area (Å²) < 4.78 is 5.58. The molecule has 0 aliphatic carbocycles. The second-order valence-corrected chi connectivity index (χ2v) is 11.1. The molecule has 0 aromatic carbocycles. The van der Waals surface area contributed by atoms with Crippen molar-refractivity contribution in [1.29, 1.82) is 0 Å². The van der Waals surface area contributed by atoms with Crippen molar-refractivity contribution in [3.63, 3.8) is 0 Å². The zero-order valence-electron chi connectivity index (χ0n) is 9.92. The van der Waals surface area contributed by atoms with E-state index in [-0.39, 0.29) is 18.6 Å². The largest absolute Gasteiger partial charge is 0.394 e. The van der Waals surface area contributed by atoms with Gasteiger partial charge in [-0.05, 0) is 0 Å². The van der Waals surface area contributed by atoms with Crippen molar-refractivity contribution in [2.24, 2.45) is 0 Å². The Morgan fingerprint density at radius 2 is 2.10 bits per heavy atom. The Bertz CT molecular complexity index is 608. The van der Waals surface area contributed by atoms with Crippen LogP contribution in [-0.4, -0.2) is 38.6 Å². The van der Waals surface area contributed by atoms with Crippen LogP contribution in [0, 0.1) is 0 Å². The van der Waals surface area contributed by atoms with Crippen molar-refractivity contribution >= 4 is 47.8 Å². The van der Waals surface area contributed by atoms with Crippen molar-refractivity contribution < 1.29 is 14.9 Å². The van der Waals surface area contributed by atoms with E-state index < -0.39 is 31.8 Å². The van der Waals surface area contributed by atoms with Gasteiger partial charge in [0.1, 0.15) is 12.3 Å². The Balaban J connectivity index is 2.43. The summed E-state index contributed by atoms with van der Waals surface area (Å²) in [7, 11) is 0. The number of nitrogens with one attached hydrogen (secondary N) is 1. The third-order valence-corrected chi connectivity index (χ3v) is 4.25. The Labute approximate surface area is 138 Å². The van der Waals surface area contributed by atoms with Gasteiger partial charge in [-0.25, -0.2) is 4.79 Å². The summed E-state index contributed by atoms with van der Waals surface area (Å²) in [5, 5.41) is 18.7. The molecule has 0 spiro atoms. The highest BCUT2D eigenvalue weighted by atomic mass is 80.0. The number of hydrogen-bond donors (Lipinski definition) is 3. The zero-order valence-corrected chi connectivity index (χ0v) is 14.7. The summed E-state index contributed by atoms with van der Waals surface area (Å²) in [5.74, 6) is 0. The fourth-order valence-corrected chi connectivity index (χ4v) is 2.80. The smallest absolute Gasteiger partial charge is 0.330 e. The summed E-state index contributed by atoms with van der Waals surface area (Å²) in [6.45, 7) is -0.345. The van der Waals surface area contributed by atoms with Gasteiger partial charge in [0.15, 0.2) is 2.14 Å². The lowest BCUT2D eigenvalue weighted by Gasteiger charge is -2.17. The van der Waals surface area contributed by atoms with Gasteiger partial charge in [0.2, 0.25) is 0 Å². The van der Waals surface area contributed by atoms with Crippen LogP contribution in [0.2, 0.25) is 0 Å². The van der Waals surface area contributed by atoms with Crippen LogP contribution in [0.4, 0.5) is 0 Å². The second kappa shape index (κ2) is 6.01. The third-order valence-electron chi connectivity index (χ3n) is 2.97. The Hall–Kier alpha value is 0. The third kappa shape index (κ3) is 3.25. The molecule has 1 saturated heterocycles. The van der Waals surface area contributed by atoms with Crippen LogP contribution >= 0.6 is 47.8 Å². The summed E-state index contributed by atoms with van der Waals surface area (Å²) in [5.41, 5.74) is -0.997. The lowest BCUT2D eigenvalue weighted by atomic mass is 10.2. The molecule has 3 atom stereocenters. The second-order valence-electron chi connectivity index (χ2n) is 4.32. The van der Waals surface area contributed by atoms with Crippen molar-refractivity contribution in [1.82, 2.24) is 9.55 Å². The number of halogens is 3. The molecule has 1 aromatic heterocycles. The number of H-pyrrole nitrogens is 1. The van der Waals surface area contributed by atoms with Crippen molar-refractivity contribution in [3.05, 3.63) is 32.6 Å². The number of rotatable bonds is 2. The molecule has 1 aliphatic rings. The average molecular weight is 479 g/mol. The molecule has 0 bridgehead atoms. The fraction of sp³-hybridized carbons (Fsp3) is 0.600. The van der Waals surface area contributed by atoms with Gasteiger partial charge >= 0.3 is 5.69 Å². The van der Waals surface area contributed by atoms with Crippen molar-refractivity contribution in [2.75, 3.05) is 6.61 Å². The minimum Gasteiger partial charge on any atom is -0.394 e. The zero-order chi connectivity index (χ0) is 15.1. The van der Waals surface area contributed by atoms with Crippen molar-refractivity contribution in [3.8, 4) is 0 Å². The molecule has 0 unspecified atom stereocenters. The van der Waals surface area contributed by atoms with Crippen LogP contribution in [-0.2, 0) is 6.88 Å². The first kappa shape index (κ1) is 16.4. The first-order valence-corrected chi connectivity index (χ1v) is 7.99. The molecule has 1 aromatic rings. The highest BCUT2D eigenvalue weighted by Crippen LogP contribution is 2.42. The van der Waals surface area contributed by atoms with Gasteiger partial charge in [-0.2, -0.15) is 0 Å². The van der Waals surface area contributed by atoms with Gasteiger partial charge in [0, 0.05) is 12.6 Å². The molecule has 2 heterocycles. The van der Waals surface area contributed by atoms with Gasteiger partial charge < -0.3 is 14.9 Å². The van der Waals surface area contributed by atoms with E-state index in [0.29, 0.717) is 0 Å². The highest BCUT2D eigenvalue weighted by Gasteiger charge is 2.36.